The summed E-state index contributed by atoms with van der Waals surface area (Å²) in [5.74, 6) is 1.36. The van der Waals surface area contributed by atoms with Gasteiger partial charge in [0.05, 0.1) is 6.61 Å². The number of likely N-dealkylation sites (tertiary alicyclic amines) is 1. The Hall–Kier alpha value is -0.600. The van der Waals surface area contributed by atoms with Crippen molar-refractivity contribution in [3.8, 4) is 0 Å². The predicted octanol–water partition coefficient (Wildman–Crippen LogP) is 3.89. The van der Waals surface area contributed by atoms with E-state index in [0.717, 1.165) is 45.1 Å². The number of ether oxygens (including phenoxy) is 1. The van der Waals surface area contributed by atoms with Crippen LogP contribution in [0.1, 0.15) is 31.2 Å². The molecule has 1 saturated heterocycles. The van der Waals surface area contributed by atoms with E-state index in [1.54, 1.807) is 19.2 Å². The summed E-state index contributed by atoms with van der Waals surface area (Å²) in [6.07, 6.45) is 2.00. The van der Waals surface area contributed by atoms with Crippen LogP contribution >= 0.6 is 35.6 Å². The van der Waals surface area contributed by atoms with E-state index in [1.165, 1.54) is 6.07 Å². The minimum Gasteiger partial charge on any atom is -0.381 e. The first kappa shape index (κ1) is 20.7. The van der Waals surface area contributed by atoms with E-state index in [9.17, 15) is 4.39 Å². The molecule has 0 spiro atoms. The Morgan fingerprint density at radius 1 is 1.48 bits per heavy atom. The van der Waals surface area contributed by atoms with Crippen LogP contribution in [0.25, 0.3) is 0 Å². The first-order chi connectivity index (χ1) is 11.6. The molecule has 1 N–H and O–H groups in total. The van der Waals surface area contributed by atoms with Crippen LogP contribution in [-0.4, -0.2) is 50.3 Å². The molecule has 25 heavy (non-hydrogen) atoms. The highest BCUT2D eigenvalue weighted by molar-refractivity contribution is 14.0. The molecule has 0 radical (unpaired) electrons. The molecule has 1 aromatic rings. The molecule has 1 aliphatic carbocycles. The molecule has 4 nitrogen and oxygen atoms in total. The fraction of sp³-hybridized carbons (Fsp3) is 0.611. The van der Waals surface area contributed by atoms with E-state index in [1.807, 2.05) is 6.92 Å². The lowest BCUT2D eigenvalue weighted by Crippen LogP contribution is -2.41. The fourth-order valence-corrected chi connectivity index (χ4v) is 3.75. The molecular formula is C18H26ClFIN3O. The first-order valence-electron chi connectivity index (χ1n) is 8.64. The molecule has 0 amide bonds. The number of hydrogen-bond acceptors (Lipinski definition) is 2. The van der Waals surface area contributed by atoms with Crippen LogP contribution in [0.15, 0.2) is 23.2 Å². The Bertz CT molecular complexity index is 596. The summed E-state index contributed by atoms with van der Waals surface area (Å²) in [5.41, 5.74) is 0.628. The number of rotatable bonds is 5. The van der Waals surface area contributed by atoms with Crippen molar-refractivity contribution >= 4 is 41.5 Å². The topological polar surface area (TPSA) is 36.9 Å². The Morgan fingerprint density at radius 3 is 2.96 bits per heavy atom. The van der Waals surface area contributed by atoms with Crippen molar-refractivity contribution in [3.05, 3.63) is 34.6 Å². The van der Waals surface area contributed by atoms with Gasteiger partial charge in [0, 0.05) is 55.2 Å². The zero-order valence-corrected chi connectivity index (χ0v) is 17.8. The average Bonchev–Trinajstić information content (AvgIpc) is 3.15. The van der Waals surface area contributed by atoms with Gasteiger partial charge in [-0.05, 0) is 31.9 Å². The van der Waals surface area contributed by atoms with Gasteiger partial charge in [-0.15, -0.1) is 24.0 Å². The van der Waals surface area contributed by atoms with Gasteiger partial charge in [0.1, 0.15) is 5.82 Å². The second-order valence-corrected chi connectivity index (χ2v) is 6.94. The van der Waals surface area contributed by atoms with Crippen LogP contribution in [0, 0.1) is 11.7 Å². The highest BCUT2D eigenvalue weighted by atomic mass is 127. The number of aliphatic imine (C=N–C) groups is 1. The number of nitrogens with zero attached hydrogens (tertiary/aromatic N) is 2. The van der Waals surface area contributed by atoms with Crippen LogP contribution in [0.5, 0.6) is 0 Å². The lowest BCUT2D eigenvalue weighted by atomic mass is 10.1. The van der Waals surface area contributed by atoms with Gasteiger partial charge in [-0.1, -0.05) is 17.7 Å². The van der Waals surface area contributed by atoms with Crippen LogP contribution in [0.3, 0.4) is 0 Å². The third-order valence-electron chi connectivity index (χ3n) is 4.83. The molecule has 2 fully saturated rings. The summed E-state index contributed by atoms with van der Waals surface area (Å²) in [4.78, 5) is 6.67. The zero-order chi connectivity index (χ0) is 17.1. The molecule has 0 aromatic heterocycles. The lowest BCUT2D eigenvalue weighted by molar-refractivity contribution is 0.114. The molecule has 7 heteroatoms. The summed E-state index contributed by atoms with van der Waals surface area (Å²) in [5, 5.41) is 3.98. The standard InChI is InChI=1S/C18H25ClFN3O.HI/c1-3-24-11-12-7-8-23(10-12)18(21-2)22-16-9-13(16)17-14(19)5-4-6-15(17)20;/h4-6,12-13,16H,3,7-11H2,1-2H3,(H,21,22);1H. The SMILES string of the molecule is CCOCC1CCN(C(=NC)NC2CC2c2c(F)cccc2Cl)C1.I. The minimum atomic E-state index is -0.218. The van der Waals surface area contributed by atoms with Crippen molar-refractivity contribution < 1.29 is 9.13 Å². The van der Waals surface area contributed by atoms with Crippen LogP contribution in [-0.2, 0) is 4.74 Å². The van der Waals surface area contributed by atoms with E-state index in [-0.39, 0.29) is 41.8 Å². The Morgan fingerprint density at radius 2 is 2.28 bits per heavy atom. The maximum Gasteiger partial charge on any atom is 0.193 e. The highest BCUT2D eigenvalue weighted by Gasteiger charge is 2.42. The molecule has 2 aliphatic rings. The summed E-state index contributed by atoms with van der Waals surface area (Å²) >= 11 is 6.17. The van der Waals surface area contributed by atoms with Crippen LogP contribution in [0.2, 0.25) is 5.02 Å². The van der Waals surface area contributed by atoms with E-state index >= 15 is 0 Å². The molecule has 140 valence electrons. The molecule has 1 saturated carbocycles. The van der Waals surface area contributed by atoms with Gasteiger partial charge in [-0.2, -0.15) is 0 Å². The largest absolute Gasteiger partial charge is 0.381 e. The van der Waals surface area contributed by atoms with Gasteiger partial charge in [0.25, 0.3) is 0 Å². The smallest absolute Gasteiger partial charge is 0.193 e. The Labute approximate surface area is 171 Å². The predicted molar refractivity (Wildman–Crippen MR) is 111 cm³/mol. The van der Waals surface area contributed by atoms with Gasteiger partial charge in [-0.25, -0.2) is 4.39 Å². The van der Waals surface area contributed by atoms with Gasteiger partial charge in [0.2, 0.25) is 0 Å². The van der Waals surface area contributed by atoms with E-state index < -0.39 is 0 Å². The molecule has 3 rings (SSSR count). The molecule has 3 atom stereocenters. The number of nitrogens with one attached hydrogen (secondary N) is 1. The summed E-state index contributed by atoms with van der Waals surface area (Å²) < 4.78 is 19.6. The number of hydrogen-bond donors (Lipinski definition) is 1. The second kappa shape index (κ2) is 9.37. The summed E-state index contributed by atoms with van der Waals surface area (Å²) in [6.45, 7) is 5.53. The Balaban J connectivity index is 0.00000225. The van der Waals surface area contributed by atoms with Crippen LogP contribution < -0.4 is 5.32 Å². The highest BCUT2D eigenvalue weighted by Crippen LogP contribution is 2.45. The molecular weight excluding hydrogens is 456 g/mol. The fourth-order valence-electron chi connectivity index (χ4n) is 3.45. The van der Waals surface area contributed by atoms with Gasteiger partial charge < -0.3 is 15.0 Å². The van der Waals surface area contributed by atoms with Gasteiger partial charge in [0.15, 0.2) is 5.96 Å². The molecule has 0 bridgehead atoms. The maximum atomic E-state index is 14.0. The number of halogens is 3. The summed E-state index contributed by atoms with van der Waals surface area (Å²) in [6, 6.07) is 5.07. The number of benzene rings is 1. The third kappa shape index (κ3) is 4.98. The van der Waals surface area contributed by atoms with Crippen molar-refractivity contribution in [1.82, 2.24) is 10.2 Å². The molecule has 3 unspecified atom stereocenters. The van der Waals surface area contributed by atoms with Crippen molar-refractivity contribution in [2.24, 2.45) is 10.9 Å². The molecule has 1 aliphatic heterocycles. The van der Waals surface area contributed by atoms with Crippen molar-refractivity contribution in [2.45, 2.75) is 31.7 Å². The third-order valence-corrected chi connectivity index (χ3v) is 5.16. The van der Waals surface area contributed by atoms with Crippen molar-refractivity contribution in [3.63, 3.8) is 0 Å². The maximum absolute atomic E-state index is 14.0. The molecule has 1 aromatic carbocycles. The number of guanidine groups is 1. The van der Waals surface area contributed by atoms with E-state index in [0.29, 0.717) is 16.5 Å². The monoisotopic (exact) mass is 481 g/mol. The van der Waals surface area contributed by atoms with Crippen LogP contribution in [0.4, 0.5) is 4.39 Å². The normalized spacial score (nSPS) is 25.7. The molecule has 1 heterocycles. The minimum absolute atomic E-state index is 0. The van der Waals surface area contributed by atoms with E-state index in [2.05, 4.69) is 15.2 Å². The quantitative estimate of drug-likeness (QED) is 0.394. The lowest BCUT2D eigenvalue weighted by Gasteiger charge is -2.22. The van der Waals surface area contributed by atoms with Gasteiger partial charge >= 0.3 is 0 Å². The first-order valence-corrected chi connectivity index (χ1v) is 9.01. The average molecular weight is 482 g/mol. The zero-order valence-electron chi connectivity index (χ0n) is 14.7. The Kier molecular flexibility index (Phi) is 7.76. The van der Waals surface area contributed by atoms with Crippen molar-refractivity contribution in [2.75, 3.05) is 33.4 Å². The van der Waals surface area contributed by atoms with Crippen molar-refractivity contribution in [1.29, 1.82) is 0 Å². The second-order valence-electron chi connectivity index (χ2n) is 6.54. The van der Waals surface area contributed by atoms with E-state index in [4.69, 9.17) is 16.3 Å². The summed E-state index contributed by atoms with van der Waals surface area (Å²) in [7, 11) is 1.80. The van der Waals surface area contributed by atoms with Gasteiger partial charge in [-0.3, -0.25) is 4.99 Å².